The first-order valence-corrected chi connectivity index (χ1v) is 13.1. The van der Waals surface area contributed by atoms with E-state index in [1.54, 1.807) is 0 Å². The number of aromatic nitrogens is 2. The average molecular weight is 448 g/mol. The van der Waals surface area contributed by atoms with E-state index < -0.39 is 50.5 Å². The number of imidazole rings is 1. The highest BCUT2D eigenvalue weighted by Gasteiger charge is 2.51. The summed E-state index contributed by atoms with van der Waals surface area (Å²) in [6, 6.07) is 1.99. The van der Waals surface area contributed by atoms with Crippen molar-refractivity contribution in [2.45, 2.75) is 65.0 Å². The van der Waals surface area contributed by atoms with Crippen molar-refractivity contribution >= 4 is 26.0 Å². The molecule has 0 radical (unpaired) electrons. The summed E-state index contributed by atoms with van der Waals surface area (Å²) in [4.78, 5) is 38.8. The van der Waals surface area contributed by atoms with Gasteiger partial charge in [-0.1, -0.05) is 25.6 Å². The number of carbonyl (C=O) groups is 3. The van der Waals surface area contributed by atoms with Crippen LogP contribution in [0.1, 0.15) is 38.4 Å². The summed E-state index contributed by atoms with van der Waals surface area (Å²) in [7, 11) is -1.79. The third-order valence-corrected chi connectivity index (χ3v) is 4.95. The molecule has 0 aromatic carbocycles. The van der Waals surface area contributed by atoms with Gasteiger partial charge in [0.2, 0.25) is 0 Å². The summed E-state index contributed by atoms with van der Waals surface area (Å²) in [5.74, 6) is 1.20. The molecule has 4 atom stereocenters. The number of ether oxygens (including phenoxy) is 4. The number of rotatable bonds is 5. The van der Waals surface area contributed by atoms with E-state index in [9.17, 15) is 19.6 Å². The Kier molecular flexibility index (Phi) is 7.60. The smallest absolute Gasteiger partial charge is 0.303 e. The molecule has 2 rings (SSSR count). The monoisotopic (exact) mass is 447 g/mol. The fourth-order valence-electron chi connectivity index (χ4n) is 2.92. The molecule has 0 saturated carbocycles. The van der Waals surface area contributed by atoms with Crippen LogP contribution < -0.4 is 0 Å². The summed E-state index contributed by atoms with van der Waals surface area (Å²) in [6.07, 6.45) is -2.68. The SMILES string of the molecule is CC(=O)OC[C@H]1O[C@@H](n2cnc(C#N)c2C#C[Si](C)(C)C)C(OC(C)=O)C1OC(C)=O. The predicted molar refractivity (Wildman–Crippen MR) is 109 cm³/mol. The zero-order chi connectivity index (χ0) is 23.3. The molecule has 31 heavy (non-hydrogen) atoms. The van der Waals surface area contributed by atoms with Gasteiger partial charge in [0.25, 0.3) is 0 Å². The zero-order valence-corrected chi connectivity index (χ0v) is 19.3. The van der Waals surface area contributed by atoms with E-state index in [1.165, 1.54) is 31.7 Å². The van der Waals surface area contributed by atoms with Gasteiger partial charge in [-0.3, -0.25) is 19.0 Å². The Labute approximate surface area is 181 Å². The van der Waals surface area contributed by atoms with E-state index in [-0.39, 0.29) is 12.3 Å². The molecule has 166 valence electrons. The molecule has 10 nitrogen and oxygen atoms in total. The molecule has 0 aliphatic carbocycles. The van der Waals surface area contributed by atoms with Crippen LogP contribution >= 0.6 is 0 Å². The summed E-state index contributed by atoms with van der Waals surface area (Å²) in [6.45, 7) is 9.57. The van der Waals surface area contributed by atoms with Crippen LogP contribution in [0.2, 0.25) is 19.6 Å². The van der Waals surface area contributed by atoms with Crippen LogP contribution in [0.5, 0.6) is 0 Å². The predicted octanol–water partition coefficient (Wildman–Crippen LogP) is 1.31. The molecular weight excluding hydrogens is 422 g/mol. The van der Waals surface area contributed by atoms with Crippen molar-refractivity contribution in [2.24, 2.45) is 0 Å². The van der Waals surface area contributed by atoms with E-state index in [1.807, 2.05) is 25.7 Å². The van der Waals surface area contributed by atoms with E-state index in [2.05, 4.69) is 16.4 Å². The molecular formula is C20H25N3O7Si. The van der Waals surface area contributed by atoms with Crippen LogP contribution in [0, 0.1) is 22.8 Å². The molecule has 1 aromatic heterocycles. The Hall–Kier alpha value is -3.15. The lowest BCUT2D eigenvalue weighted by atomic mass is 10.1. The van der Waals surface area contributed by atoms with E-state index >= 15 is 0 Å². The molecule has 1 fully saturated rings. The molecule has 1 aliphatic heterocycles. The van der Waals surface area contributed by atoms with Crippen LogP contribution in [0.3, 0.4) is 0 Å². The summed E-state index contributed by atoms with van der Waals surface area (Å²) >= 11 is 0. The molecule has 0 spiro atoms. The standard InChI is InChI=1S/C20H25N3O7Si/c1-12(24)27-10-17-18(28-13(2)25)19(29-14(3)26)20(30-17)23-11-22-15(9-21)16(23)7-8-31(4,5)6/h11,17-20H,10H2,1-6H3/t17-,18?,19?,20-/m1/s1. The van der Waals surface area contributed by atoms with Crippen molar-refractivity contribution < 1.29 is 33.3 Å². The largest absolute Gasteiger partial charge is 0.463 e. The van der Waals surface area contributed by atoms with Gasteiger partial charge in [-0.05, 0) is 0 Å². The fourth-order valence-corrected chi connectivity index (χ4v) is 3.42. The summed E-state index contributed by atoms with van der Waals surface area (Å²) in [5, 5.41) is 9.45. The first kappa shape index (κ1) is 24.1. The highest BCUT2D eigenvalue weighted by atomic mass is 28.3. The van der Waals surface area contributed by atoms with Crippen LogP contribution in [0.25, 0.3) is 0 Å². The Morgan fingerprint density at radius 2 is 1.74 bits per heavy atom. The second-order valence-electron chi connectivity index (χ2n) is 7.98. The lowest BCUT2D eigenvalue weighted by Crippen LogP contribution is -2.40. The van der Waals surface area contributed by atoms with Crippen molar-refractivity contribution in [1.29, 1.82) is 5.26 Å². The van der Waals surface area contributed by atoms with Gasteiger partial charge in [-0.25, -0.2) is 4.98 Å². The van der Waals surface area contributed by atoms with Gasteiger partial charge in [-0.2, -0.15) is 5.26 Å². The third kappa shape index (κ3) is 6.41. The molecule has 1 saturated heterocycles. The highest BCUT2D eigenvalue weighted by molar-refractivity contribution is 6.83. The minimum Gasteiger partial charge on any atom is -0.463 e. The minimum absolute atomic E-state index is 0.0865. The van der Waals surface area contributed by atoms with Gasteiger partial charge >= 0.3 is 17.9 Å². The molecule has 0 amide bonds. The molecule has 2 unspecified atom stereocenters. The minimum atomic E-state index is -1.79. The normalized spacial score (nSPS) is 22.6. The van der Waals surface area contributed by atoms with Gasteiger partial charge in [0.15, 0.2) is 24.1 Å². The van der Waals surface area contributed by atoms with E-state index in [0.717, 1.165) is 0 Å². The van der Waals surface area contributed by atoms with Crippen molar-refractivity contribution in [1.82, 2.24) is 9.55 Å². The average Bonchev–Trinajstić information content (AvgIpc) is 3.18. The van der Waals surface area contributed by atoms with Gasteiger partial charge in [0, 0.05) is 20.8 Å². The molecule has 2 heterocycles. The number of nitriles is 1. The van der Waals surface area contributed by atoms with E-state index in [0.29, 0.717) is 5.69 Å². The molecule has 0 N–H and O–H groups in total. The van der Waals surface area contributed by atoms with Gasteiger partial charge in [-0.15, -0.1) is 5.54 Å². The van der Waals surface area contributed by atoms with Gasteiger partial charge in [0.1, 0.15) is 32.5 Å². The topological polar surface area (TPSA) is 130 Å². The number of hydrogen-bond acceptors (Lipinski definition) is 9. The second kappa shape index (κ2) is 9.77. The number of carbonyl (C=O) groups excluding carboxylic acids is 3. The Morgan fingerprint density at radius 3 is 2.26 bits per heavy atom. The van der Waals surface area contributed by atoms with Gasteiger partial charge < -0.3 is 18.9 Å². The summed E-state index contributed by atoms with van der Waals surface area (Å²) in [5.41, 5.74) is 3.55. The van der Waals surface area contributed by atoms with Crippen molar-refractivity contribution in [3.63, 3.8) is 0 Å². The maximum absolute atomic E-state index is 11.8. The second-order valence-corrected chi connectivity index (χ2v) is 12.7. The number of esters is 3. The zero-order valence-electron chi connectivity index (χ0n) is 18.3. The van der Waals surface area contributed by atoms with E-state index in [4.69, 9.17) is 18.9 Å². The Bertz CT molecular complexity index is 964. The number of nitrogens with zero attached hydrogens (tertiary/aromatic N) is 3. The van der Waals surface area contributed by atoms with Gasteiger partial charge in [0.05, 0.1) is 6.33 Å². The molecule has 11 heteroatoms. The Balaban J connectivity index is 2.54. The molecule has 1 aromatic rings. The molecule has 1 aliphatic rings. The maximum Gasteiger partial charge on any atom is 0.303 e. The lowest BCUT2D eigenvalue weighted by Gasteiger charge is -2.24. The molecule has 0 bridgehead atoms. The van der Waals surface area contributed by atoms with Crippen LogP contribution in [-0.4, -0.2) is 60.5 Å². The first-order chi connectivity index (χ1) is 14.4. The van der Waals surface area contributed by atoms with Crippen molar-refractivity contribution in [3.05, 3.63) is 17.7 Å². The highest BCUT2D eigenvalue weighted by Crippen LogP contribution is 2.35. The van der Waals surface area contributed by atoms with Crippen molar-refractivity contribution in [3.8, 4) is 17.5 Å². The van der Waals surface area contributed by atoms with Crippen LogP contribution in [-0.2, 0) is 33.3 Å². The fraction of sp³-hybridized carbons (Fsp3) is 0.550. The lowest BCUT2D eigenvalue weighted by molar-refractivity contribution is -0.166. The van der Waals surface area contributed by atoms with Crippen molar-refractivity contribution in [2.75, 3.05) is 6.61 Å². The summed E-state index contributed by atoms with van der Waals surface area (Å²) < 4.78 is 23.3. The third-order valence-electron chi connectivity index (χ3n) is 4.07. The maximum atomic E-state index is 11.8. The van der Waals surface area contributed by atoms with Crippen LogP contribution in [0.4, 0.5) is 0 Å². The number of hydrogen-bond donors (Lipinski definition) is 0. The Morgan fingerprint density at radius 1 is 1.13 bits per heavy atom. The first-order valence-electron chi connectivity index (χ1n) is 9.56. The van der Waals surface area contributed by atoms with Crippen LogP contribution in [0.15, 0.2) is 6.33 Å². The quantitative estimate of drug-likeness (QED) is 0.284.